The maximum Gasteiger partial charge on any atom is 0.255 e. The normalized spacial score (nSPS) is 10.3. The van der Waals surface area contributed by atoms with Gasteiger partial charge in [0.15, 0.2) is 0 Å². The quantitative estimate of drug-likeness (QED) is 0.858. The fourth-order valence-electron chi connectivity index (χ4n) is 1.52. The van der Waals surface area contributed by atoms with Crippen molar-refractivity contribution in [2.75, 3.05) is 5.32 Å². The van der Waals surface area contributed by atoms with E-state index >= 15 is 0 Å². The largest absolute Gasteiger partial charge is 0.319 e. The van der Waals surface area contributed by atoms with Crippen LogP contribution in [-0.2, 0) is 7.05 Å². The number of nitrogens with zero attached hydrogens (tertiary/aromatic N) is 2. The van der Waals surface area contributed by atoms with E-state index in [4.69, 9.17) is 0 Å². The van der Waals surface area contributed by atoms with Crippen LogP contribution in [0.25, 0.3) is 0 Å². The topological polar surface area (TPSA) is 46.9 Å². The summed E-state index contributed by atoms with van der Waals surface area (Å²) in [6, 6.07) is 7.47. The minimum atomic E-state index is -0.110. The smallest absolute Gasteiger partial charge is 0.255 e. The maximum atomic E-state index is 11.9. The molecule has 0 aliphatic heterocycles. The van der Waals surface area contributed by atoms with E-state index in [2.05, 4.69) is 10.4 Å². The number of carbonyl (C=O) groups excluding carboxylic acids is 1. The lowest BCUT2D eigenvalue weighted by Crippen LogP contribution is -2.12. The highest BCUT2D eigenvalue weighted by Gasteiger charge is 2.09. The highest BCUT2D eigenvalue weighted by Crippen LogP contribution is 2.14. The van der Waals surface area contributed by atoms with Crippen molar-refractivity contribution in [3.05, 3.63) is 47.3 Å². The van der Waals surface area contributed by atoms with Crippen molar-refractivity contribution in [1.29, 1.82) is 0 Å². The Bertz CT molecular complexity index is 540. The first-order valence-electron chi connectivity index (χ1n) is 5.44. The minimum absolute atomic E-state index is 0.110. The molecule has 0 fully saturated rings. The van der Waals surface area contributed by atoms with E-state index in [9.17, 15) is 4.79 Å². The summed E-state index contributed by atoms with van der Waals surface area (Å²) in [6.45, 7) is 3.91. The van der Waals surface area contributed by atoms with Gasteiger partial charge in [0, 0.05) is 12.6 Å². The van der Waals surface area contributed by atoms with Gasteiger partial charge in [-0.1, -0.05) is 17.7 Å². The van der Waals surface area contributed by atoms with Gasteiger partial charge < -0.3 is 5.32 Å². The highest BCUT2D eigenvalue weighted by molar-refractivity contribution is 6.04. The fourth-order valence-corrected chi connectivity index (χ4v) is 1.52. The molecule has 1 amide bonds. The van der Waals surface area contributed by atoms with Gasteiger partial charge in [0.05, 0.1) is 17.6 Å². The second-order valence-electron chi connectivity index (χ2n) is 4.09. The SMILES string of the molecule is Cc1ccc(C(=O)Nc2cnn(C)c2C)cc1. The van der Waals surface area contributed by atoms with Crippen molar-refractivity contribution in [2.45, 2.75) is 13.8 Å². The van der Waals surface area contributed by atoms with Crippen LogP contribution in [0.2, 0.25) is 0 Å². The van der Waals surface area contributed by atoms with Gasteiger partial charge in [0.25, 0.3) is 5.91 Å². The predicted octanol–water partition coefficient (Wildman–Crippen LogP) is 2.29. The zero-order valence-electron chi connectivity index (χ0n) is 10.2. The summed E-state index contributed by atoms with van der Waals surface area (Å²) in [4.78, 5) is 11.9. The number of rotatable bonds is 2. The summed E-state index contributed by atoms with van der Waals surface area (Å²) in [5.41, 5.74) is 3.47. The van der Waals surface area contributed by atoms with Gasteiger partial charge >= 0.3 is 0 Å². The third-order valence-electron chi connectivity index (χ3n) is 2.80. The molecule has 0 aliphatic carbocycles. The molecule has 0 unspecified atom stereocenters. The Labute approximate surface area is 100 Å². The molecule has 0 bridgehead atoms. The Morgan fingerprint density at radius 1 is 1.24 bits per heavy atom. The van der Waals surface area contributed by atoms with Crippen molar-refractivity contribution < 1.29 is 4.79 Å². The summed E-state index contributed by atoms with van der Waals surface area (Å²) >= 11 is 0. The number of amides is 1. The predicted molar refractivity (Wildman–Crippen MR) is 67.1 cm³/mol. The van der Waals surface area contributed by atoms with Crippen LogP contribution >= 0.6 is 0 Å². The van der Waals surface area contributed by atoms with Gasteiger partial charge in [-0.15, -0.1) is 0 Å². The number of anilines is 1. The molecule has 0 spiro atoms. The molecule has 1 heterocycles. The van der Waals surface area contributed by atoms with Crippen LogP contribution < -0.4 is 5.32 Å². The number of aromatic nitrogens is 2. The van der Waals surface area contributed by atoms with Crippen molar-refractivity contribution in [2.24, 2.45) is 7.05 Å². The zero-order valence-corrected chi connectivity index (χ0v) is 10.2. The number of aryl methyl sites for hydroxylation is 2. The van der Waals surface area contributed by atoms with Crippen molar-refractivity contribution in [3.63, 3.8) is 0 Å². The van der Waals surface area contributed by atoms with Gasteiger partial charge in [-0.3, -0.25) is 9.48 Å². The molecule has 0 atom stereocenters. The van der Waals surface area contributed by atoms with Crippen LogP contribution in [-0.4, -0.2) is 15.7 Å². The Morgan fingerprint density at radius 2 is 1.88 bits per heavy atom. The number of carbonyl (C=O) groups is 1. The Morgan fingerprint density at radius 3 is 2.41 bits per heavy atom. The van der Waals surface area contributed by atoms with E-state index in [1.807, 2.05) is 45.2 Å². The molecular formula is C13H15N3O. The minimum Gasteiger partial charge on any atom is -0.319 e. The summed E-state index contributed by atoms with van der Waals surface area (Å²) < 4.78 is 1.73. The molecule has 4 nitrogen and oxygen atoms in total. The molecule has 17 heavy (non-hydrogen) atoms. The second kappa shape index (κ2) is 4.41. The van der Waals surface area contributed by atoms with Crippen molar-refractivity contribution in [1.82, 2.24) is 9.78 Å². The highest BCUT2D eigenvalue weighted by atomic mass is 16.1. The van der Waals surface area contributed by atoms with E-state index < -0.39 is 0 Å². The first-order chi connectivity index (χ1) is 8.08. The summed E-state index contributed by atoms with van der Waals surface area (Å²) in [5, 5.41) is 6.92. The van der Waals surface area contributed by atoms with Gasteiger partial charge in [0.2, 0.25) is 0 Å². The zero-order chi connectivity index (χ0) is 12.4. The Hall–Kier alpha value is -2.10. The molecule has 0 saturated heterocycles. The van der Waals surface area contributed by atoms with Crippen LogP contribution in [0, 0.1) is 13.8 Å². The van der Waals surface area contributed by atoms with Crippen molar-refractivity contribution >= 4 is 11.6 Å². The van der Waals surface area contributed by atoms with E-state index in [-0.39, 0.29) is 5.91 Å². The average molecular weight is 229 g/mol. The average Bonchev–Trinajstić information content (AvgIpc) is 2.62. The van der Waals surface area contributed by atoms with Gasteiger partial charge in [-0.2, -0.15) is 5.10 Å². The summed E-state index contributed by atoms with van der Waals surface area (Å²) in [6.07, 6.45) is 1.65. The second-order valence-corrected chi connectivity index (χ2v) is 4.09. The van der Waals surface area contributed by atoms with Crippen LogP contribution in [0.5, 0.6) is 0 Å². The number of hydrogen-bond donors (Lipinski definition) is 1. The van der Waals surface area contributed by atoms with Crippen molar-refractivity contribution in [3.8, 4) is 0 Å². The summed E-state index contributed by atoms with van der Waals surface area (Å²) in [7, 11) is 1.84. The van der Waals surface area contributed by atoms with Gasteiger partial charge in [0.1, 0.15) is 0 Å². The molecule has 1 N–H and O–H groups in total. The molecule has 2 aromatic rings. The van der Waals surface area contributed by atoms with E-state index in [1.165, 1.54) is 0 Å². The molecule has 0 radical (unpaired) electrons. The third kappa shape index (κ3) is 2.36. The monoisotopic (exact) mass is 229 g/mol. The van der Waals surface area contributed by atoms with Gasteiger partial charge in [-0.05, 0) is 26.0 Å². The third-order valence-corrected chi connectivity index (χ3v) is 2.80. The number of nitrogens with one attached hydrogen (secondary N) is 1. The number of hydrogen-bond acceptors (Lipinski definition) is 2. The first-order valence-corrected chi connectivity index (χ1v) is 5.44. The molecule has 1 aromatic carbocycles. The molecular weight excluding hydrogens is 214 g/mol. The standard InChI is InChI=1S/C13H15N3O/c1-9-4-6-11(7-5-9)13(17)15-12-8-14-16(3)10(12)2/h4-8H,1-3H3,(H,15,17). The van der Waals surface area contributed by atoms with Crippen LogP contribution in [0.1, 0.15) is 21.6 Å². The van der Waals surface area contributed by atoms with Crippen LogP contribution in [0.3, 0.4) is 0 Å². The van der Waals surface area contributed by atoms with Gasteiger partial charge in [-0.25, -0.2) is 0 Å². The lowest BCUT2D eigenvalue weighted by molar-refractivity contribution is 0.102. The van der Waals surface area contributed by atoms with Crippen LogP contribution in [0.15, 0.2) is 30.5 Å². The summed E-state index contributed by atoms with van der Waals surface area (Å²) in [5.74, 6) is -0.110. The number of benzene rings is 1. The van der Waals surface area contributed by atoms with E-state index in [0.29, 0.717) is 5.56 Å². The Balaban J connectivity index is 2.17. The maximum absolute atomic E-state index is 11.9. The molecule has 4 heteroatoms. The van der Waals surface area contributed by atoms with E-state index in [1.54, 1.807) is 10.9 Å². The molecule has 1 aromatic heterocycles. The molecule has 0 aliphatic rings. The molecule has 2 rings (SSSR count). The molecule has 88 valence electrons. The fraction of sp³-hybridized carbons (Fsp3) is 0.231. The first kappa shape index (κ1) is 11.4. The van der Waals surface area contributed by atoms with Crippen LogP contribution in [0.4, 0.5) is 5.69 Å². The molecule has 0 saturated carbocycles. The lowest BCUT2D eigenvalue weighted by atomic mass is 10.1. The van der Waals surface area contributed by atoms with E-state index in [0.717, 1.165) is 16.9 Å². The lowest BCUT2D eigenvalue weighted by Gasteiger charge is -2.04. The Kier molecular flexibility index (Phi) is 2.95.